The number of hydrogen-bond donors (Lipinski definition) is 0. The molecule has 1 aliphatic heterocycles. The number of hydrogen-bond acceptors (Lipinski definition) is 4. The number of epoxide rings is 1. The molecular formula is C9H20O4Si. The molecule has 0 aromatic rings. The second-order valence-electron chi connectivity index (χ2n) is 3.37. The predicted octanol–water partition coefficient (Wildman–Crippen LogP) is 1.36. The molecule has 0 amide bonds. The van der Waals surface area contributed by atoms with Crippen LogP contribution in [0.4, 0.5) is 0 Å². The number of ether oxygens (including phenoxy) is 1. The molecule has 0 N–H and O–H groups in total. The summed E-state index contributed by atoms with van der Waals surface area (Å²) in [6.07, 6.45) is 0. The maximum absolute atomic E-state index is 5.71. The molecule has 0 spiro atoms. The van der Waals surface area contributed by atoms with Crippen LogP contribution in [-0.2, 0) is 18.0 Å². The summed E-state index contributed by atoms with van der Waals surface area (Å²) in [5.41, 5.74) is 0. The Morgan fingerprint density at radius 2 is 1.43 bits per heavy atom. The van der Waals surface area contributed by atoms with Crippen molar-refractivity contribution in [2.75, 3.05) is 26.4 Å². The van der Waals surface area contributed by atoms with Crippen molar-refractivity contribution in [2.45, 2.75) is 32.9 Å². The molecule has 1 rings (SSSR count). The second-order valence-corrected chi connectivity index (χ2v) is 6.41. The fourth-order valence-corrected chi connectivity index (χ4v) is 4.17. The molecule has 0 saturated carbocycles. The normalized spacial score (nSPS) is 26.6. The fourth-order valence-electron chi connectivity index (χ4n) is 1.44. The highest BCUT2D eigenvalue weighted by molar-refractivity contribution is 6.64. The van der Waals surface area contributed by atoms with Crippen LogP contribution in [0.15, 0.2) is 0 Å². The van der Waals surface area contributed by atoms with Crippen LogP contribution in [-0.4, -0.2) is 40.5 Å². The van der Waals surface area contributed by atoms with Gasteiger partial charge in [0.1, 0.15) is 0 Å². The standard InChI is InChI=1S/C9H20O4Si/c1-5-11-14(12-6-2,13-7-3)9(4)8-10-9/h5-8H2,1-4H3. The van der Waals surface area contributed by atoms with Gasteiger partial charge in [0.15, 0.2) is 5.22 Å². The summed E-state index contributed by atoms with van der Waals surface area (Å²) in [6.45, 7) is 10.3. The summed E-state index contributed by atoms with van der Waals surface area (Å²) >= 11 is 0. The van der Waals surface area contributed by atoms with Crippen LogP contribution in [0.2, 0.25) is 0 Å². The third-order valence-corrected chi connectivity index (χ3v) is 5.82. The molecule has 1 heterocycles. The van der Waals surface area contributed by atoms with Crippen molar-refractivity contribution < 1.29 is 18.0 Å². The smallest absolute Gasteiger partial charge is 0.372 e. The van der Waals surface area contributed by atoms with Gasteiger partial charge in [-0.2, -0.15) is 0 Å². The second kappa shape index (κ2) is 4.72. The third kappa shape index (κ3) is 2.17. The lowest BCUT2D eigenvalue weighted by atomic mass is 10.6. The van der Waals surface area contributed by atoms with Gasteiger partial charge in [-0.05, 0) is 27.7 Å². The summed E-state index contributed by atoms with van der Waals surface area (Å²) in [5, 5.41) is -0.310. The van der Waals surface area contributed by atoms with Crippen LogP contribution in [0, 0.1) is 0 Å². The summed E-state index contributed by atoms with van der Waals surface area (Å²) < 4.78 is 22.5. The Labute approximate surface area is 86.9 Å². The zero-order valence-electron chi connectivity index (χ0n) is 9.46. The van der Waals surface area contributed by atoms with E-state index in [9.17, 15) is 0 Å². The topological polar surface area (TPSA) is 40.2 Å². The van der Waals surface area contributed by atoms with E-state index in [0.29, 0.717) is 26.4 Å². The Kier molecular flexibility index (Phi) is 4.09. The Morgan fingerprint density at radius 3 is 1.64 bits per heavy atom. The highest BCUT2D eigenvalue weighted by Crippen LogP contribution is 2.38. The number of rotatable bonds is 7. The van der Waals surface area contributed by atoms with Gasteiger partial charge in [-0.3, -0.25) is 0 Å². The van der Waals surface area contributed by atoms with E-state index in [1.54, 1.807) is 0 Å². The van der Waals surface area contributed by atoms with Gasteiger partial charge < -0.3 is 18.0 Å². The molecule has 0 bridgehead atoms. The van der Waals surface area contributed by atoms with Crippen LogP contribution < -0.4 is 0 Å². The molecule has 0 aromatic heterocycles. The lowest BCUT2D eigenvalue weighted by molar-refractivity contribution is 0.0458. The first-order valence-electron chi connectivity index (χ1n) is 5.20. The van der Waals surface area contributed by atoms with Gasteiger partial charge >= 0.3 is 8.80 Å². The Hall–Kier alpha value is 0.0569. The van der Waals surface area contributed by atoms with Crippen molar-refractivity contribution in [1.82, 2.24) is 0 Å². The summed E-state index contributed by atoms with van der Waals surface area (Å²) in [6, 6.07) is 0. The minimum atomic E-state index is -2.61. The van der Waals surface area contributed by atoms with Crippen molar-refractivity contribution in [1.29, 1.82) is 0 Å². The van der Waals surface area contributed by atoms with Crippen LogP contribution in [0.3, 0.4) is 0 Å². The first kappa shape index (κ1) is 12.1. The van der Waals surface area contributed by atoms with E-state index in [1.807, 2.05) is 27.7 Å². The van der Waals surface area contributed by atoms with Gasteiger partial charge in [-0.1, -0.05) is 0 Å². The van der Waals surface area contributed by atoms with Gasteiger partial charge in [0.2, 0.25) is 0 Å². The van der Waals surface area contributed by atoms with E-state index in [2.05, 4.69) is 0 Å². The van der Waals surface area contributed by atoms with Crippen molar-refractivity contribution in [3.05, 3.63) is 0 Å². The van der Waals surface area contributed by atoms with E-state index in [-0.39, 0.29) is 5.22 Å². The SMILES string of the molecule is CCO[Si](OCC)(OCC)C1(C)CO1. The maximum Gasteiger partial charge on any atom is 0.536 e. The molecular weight excluding hydrogens is 200 g/mol. The first-order valence-corrected chi connectivity index (χ1v) is 6.92. The molecule has 0 aromatic carbocycles. The zero-order chi connectivity index (χ0) is 10.7. The lowest BCUT2D eigenvalue weighted by Gasteiger charge is -2.31. The molecule has 84 valence electrons. The van der Waals surface area contributed by atoms with Crippen molar-refractivity contribution >= 4 is 8.80 Å². The lowest BCUT2D eigenvalue weighted by Crippen LogP contribution is -2.58. The molecule has 0 aliphatic carbocycles. The molecule has 0 radical (unpaired) electrons. The Bertz CT molecular complexity index is 165. The zero-order valence-corrected chi connectivity index (χ0v) is 10.5. The van der Waals surface area contributed by atoms with Gasteiger partial charge in [0.05, 0.1) is 6.61 Å². The quantitative estimate of drug-likeness (QED) is 0.480. The van der Waals surface area contributed by atoms with Crippen LogP contribution in [0.5, 0.6) is 0 Å². The first-order chi connectivity index (χ1) is 6.64. The van der Waals surface area contributed by atoms with Crippen LogP contribution in [0.25, 0.3) is 0 Å². The van der Waals surface area contributed by atoms with Gasteiger partial charge in [0, 0.05) is 19.8 Å². The molecule has 4 nitrogen and oxygen atoms in total. The van der Waals surface area contributed by atoms with Crippen molar-refractivity contribution in [3.63, 3.8) is 0 Å². The van der Waals surface area contributed by atoms with Gasteiger partial charge in [-0.15, -0.1) is 0 Å². The van der Waals surface area contributed by atoms with E-state index < -0.39 is 8.80 Å². The molecule has 1 atom stereocenters. The molecule has 1 aliphatic rings. The van der Waals surface area contributed by atoms with E-state index in [1.165, 1.54) is 0 Å². The minimum Gasteiger partial charge on any atom is -0.372 e. The van der Waals surface area contributed by atoms with Crippen molar-refractivity contribution in [2.24, 2.45) is 0 Å². The molecule has 14 heavy (non-hydrogen) atoms. The summed E-state index contributed by atoms with van der Waals surface area (Å²) in [7, 11) is -2.61. The predicted molar refractivity (Wildman–Crippen MR) is 55.0 cm³/mol. The van der Waals surface area contributed by atoms with E-state index >= 15 is 0 Å². The van der Waals surface area contributed by atoms with E-state index in [0.717, 1.165) is 0 Å². The maximum atomic E-state index is 5.71. The monoisotopic (exact) mass is 220 g/mol. The van der Waals surface area contributed by atoms with Gasteiger partial charge in [-0.25, -0.2) is 0 Å². The minimum absolute atomic E-state index is 0.310. The summed E-state index contributed by atoms with van der Waals surface area (Å²) in [4.78, 5) is 0. The largest absolute Gasteiger partial charge is 0.536 e. The summed E-state index contributed by atoms with van der Waals surface area (Å²) in [5.74, 6) is 0. The fraction of sp³-hybridized carbons (Fsp3) is 1.00. The highest BCUT2D eigenvalue weighted by atomic mass is 28.4. The Morgan fingerprint density at radius 1 is 1.07 bits per heavy atom. The average molecular weight is 220 g/mol. The van der Waals surface area contributed by atoms with E-state index in [4.69, 9.17) is 18.0 Å². The van der Waals surface area contributed by atoms with Crippen LogP contribution >= 0.6 is 0 Å². The van der Waals surface area contributed by atoms with Crippen molar-refractivity contribution in [3.8, 4) is 0 Å². The van der Waals surface area contributed by atoms with Crippen LogP contribution in [0.1, 0.15) is 27.7 Å². The molecule has 1 unspecified atom stereocenters. The average Bonchev–Trinajstić information content (AvgIpc) is 2.86. The molecule has 1 saturated heterocycles. The highest BCUT2D eigenvalue weighted by Gasteiger charge is 2.67. The molecule has 1 fully saturated rings. The molecule has 5 heteroatoms. The third-order valence-electron chi connectivity index (χ3n) is 2.23. The van der Waals surface area contributed by atoms with Gasteiger partial charge in [0.25, 0.3) is 0 Å². The Balaban J connectivity index is 2.72.